The minimum absolute atomic E-state index is 0.00474. The van der Waals surface area contributed by atoms with Gasteiger partial charge >= 0.3 is 0 Å². The molecule has 0 N–H and O–H groups in total. The van der Waals surface area contributed by atoms with E-state index in [0.717, 1.165) is 53.1 Å². The number of methoxy groups -OCH3 is 2. The van der Waals surface area contributed by atoms with Crippen LogP contribution in [0.5, 0.6) is 11.5 Å². The van der Waals surface area contributed by atoms with Gasteiger partial charge in [0.15, 0.2) is 0 Å². The Kier molecular flexibility index (Phi) is 20.3. The predicted octanol–water partition coefficient (Wildman–Crippen LogP) is 10.7. The van der Waals surface area contributed by atoms with Crippen LogP contribution in [0, 0.1) is 6.92 Å². The molecular formula is C36H54Cl2N2O3. The van der Waals surface area contributed by atoms with Gasteiger partial charge < -0.3 is 19.3 Å². The third-order valence-corrected chi connectivity index (χ3v) is 6.86. The number of nitrogens with zero attached hydrogens (tertiary/aromatic N) is 2. The highest BCUT2D eigenvalue weighted by atomic mass is 35.5. The van der Waals surface area contributed by atoms with E-state index in [1.54, 1.807) is 20.3 Å². The number of carbonyl (C=O) groups is 1. The molecule has 1 aliphatic heterocycles. The third-order valence-electron chi connectivity index (χ3n) is 6.43. The number of amides is 1. The van der Waals surface area contributed by atoms with Crippen molar-refractivity contribution >= 4 is 34.8 Å². The summed E-state index contributed by atoms with van der Waals surface area (Å²) >= 11 is 11.3. The quantitative estimate of drug-likeness (QED) is 0.271. The lowest BCUT2D eigenvalue weighted by Gasteiger charge is -2.38. The van der Waals surface area contributed by atoms with Crippen molar-refractivity contribution in [1.29, 1.82) is 0 Å². The smallest absolute Gasteiger partial charge is 0.254 e. The summed E-state index contributed by atoms with van der Waals surface area (Å²) in [6.07, 6.45) is 2.68. The molecule has 0 spiro atoms. The maximum absolute atomic E-state index is 13.4. The second-order valence-corrected chi connectivity index (χ2v) is 10.2. The highest BCUT2D eigenvalue weighted by Crippen LogP contribution is 2.42. The molecule has 240 valence electrons. The Morgan fingerprint density at radius 3 is 2.00 bits per heavy atom. The molecule has 0 aromatic heterocycles. The minimum Gasteiger partial charge on any atom is -0.497 e. The summed E-state index contributed by atoms with van der Waals surface area (Å²) in [4.78, 5) is 17.5. The van der Waals surface area contributed by atoms with Gasteiger partial charge in [-0.15, -0.1) is 0 Å². The Bertz CT molecular complexity index is 1160. The predicted molar refractivity (Wildman–Crippen MR) is 188 cm³/mol. The van der Waals surface area contributed by atoms with Gasteiger partial charge in [0.1, 0.15) is 11.5 Å². The average Bonchev–Trinajstić information content (AvgIpc) is 3.03. The SMILES string of the molecule is CC.CC.CC.CCCC1c2c(cc(OC)cc2OC)CCN1C(=O)c1cccc(N(C)C)c1.Cc1cc(Cl)cc(Cl)c1. The number of halogens is 2. The fourth-order valence-corrected chi connectivity index (χ4v) is 5.31. The first-order valence-corrected chi connectivity index (χ1v) is 16.2. The van der Waals surface area contributed by atoms with Gasteiger partial charge in [0.05, 0.1) is 20.3 Å². The Balaban J connectivity index is 0.000000982. The molecule has 1 atom stereocenters. The van der Waals surface area contributed by atoms with E-state index in [0.29, 0.717) is 16.6 Å². The van der Waals surface area contributed by atoms with Crippen LogP contribution in [0.1, 0.15) is 94.4 Å². The van der Waals surface area contributed by atoms with Gasteiger partial charge in [0, 0.05) is 53.6 Å². The molecule has 4 rings (SSSR count). The maximum atomic E-state index is 13.4. The molecule has 0 fully saturated rings. The largest absolute Gasteiger partial charge is 0.497 e. The summed E-state index contributed by atoms with van der Waals surface area (Å²) < 4.78 is 11.1. The molecule has 0 aliphatic carbocycles. The minimum atomic E-state index is 0.00474. The first-order chi connectivity index (χ1) is 20.7. The normalized spacial score (nSPS) is 12.7. The molecule has 3 aromatic rings. The molecule has 1 amide bonds. The van der Waals surface area contributed by atoms with Gasteiger partial charge in [-0.05, 0) is 73.4 Å². The second-order valence-electron chi connectivity index (χ2n) is 9.35. The first kappa shape index (κ1) is 40.1. The van der Waals surface area contributed by atoms with Crippen molar-refractivity contribution in [1.82, 2.24) is 4.90 Å². The molecule has 7 heteroatoms. The molecule has 5 nitrogen and oxygen atoms in total. The Hall–Kier alpha value is -2.89. The van der Waals surface area contributed by atoms with Crippen molar-refractivity contribution in [3.05, 3.63) is 86.9 Å². The molecule has 1 heterocycles. The van der Waals surface area contributed by atoms with Crippen molar-refractivity contribution in [2.24, 2.45) is 0 Å². The average molecular weight is 634 g/mol. The van der Waals surface area contributed by atoms with E-state index in [4.69, 9.17) is 32.7 Å². The maximum Gasteiger partial charge on any atom is 0.254 e. The number of ether oxygens (including phenoxy) is 2. The van der Waals surface area contributed by atoms with Gasteiger partial charge in [0.25, 0.3) is 5.91 Å². The number of aryl methyl sites for hydroxylation is 1. The highest BCUT2D eigenvalue weighted by Gasteiger charge is 2.33. The zero-order valence-corrected chi connectivity index (χ0v) is 30.0. The highest BCUT2D eigenvalue weighted by molar-refractivity contribution is 6.34. The van der Waals surface area contributed by atoms with E-state index in [1.807, 2.05) is 115 Å². The van der Waals surface area contributed by atoms with E-state index in [1.165, 1.54) is 5.56 Å². The second kappa shape index (κ2) is 21.7. The molecule has 0 saturated heterocycles. The summed E-state index contributed by atoms with van der Waals surface area (Å²) in [6, 6.07) is 17.3. The molecule has 3 aromatic carbocycles. The van der Waals surface area contributed by atoms with Gasteiger partial charge in [-0.1, -0.05) is 84.2 Å². The van der Waals surface area contributed by atoms with Crippen LogP contribution in [0.15, 0.2) is 54.6 Å². The number of rotatable bonds is 6. The van der Waals surface area contributed by atoms with E-state index in [2.05, 4.69) is 13.0 Å². The number of hydrogen-bond acceptors (Lipinski definition) is 4. The molecule has 43 heavy (non-hydrogen) atoms. The number of hydrogen-bond donors (Lipinski definition) is 0. The summed E-state index contributed by atoms with van der Waals surface area (Å²) in [5.74, 6) is 1.67. The lowest BCUT2D eigenvalue weighted by Crippen LogP contribution is -2.40. The van der Waals surface area contributed by atoms with Crippen LogP contribution in [0.2, 0.25) is 10.0 Å². The van der Waals surface area contributed by atoms with Gasteiger partial charge in [-0.25, -0.2) is 0 Å². The van der Waals surface area contributed by atoms with Crippen LogP contribution in [0.25, 0.3) is 0 Å². The van der Waals surface area contributed by atoms with Crippen LogP contribution in [0.3, 0.4) is 0 Å². The van der Waals surface area contributed by atoms with Crippen LogP contribution in [0.4, 0.5) is 5.69 Å². The molecule has 1 unspecified atom stereocenters. The molecule has 0 saturated carbocycles. The van der Waals surface area contributed by atoms with Crippen molar-refractivity contribution < 1.29 is 14.3 Å². The Morgan fingerprint density at radius 2 is 1.51 bits per heavy atom. The van der Waals surface area contributed by atoms with Crippen molar-refractivity contribution in [3.8, 4) is 11.5 Å². The van der Waals surface area contributed by atoms with E-state index < -0.39 is 0 Å². The van der Waals surface area contributed by atoms with E-state index in [9.17, 15) is 4.79 Å². The third kappa shape index (κ3) is 12.0. The van der Waals surface area contributed by atoms with Crippen molar-refractivity contribution in [2.75, 3.05) is 39.8 Å². The Labute approximate surface area is 272 Å². The Morgan fingerprint density at radius 1 is 0.907 bits per heavy atom. The van der Waals surface area contributed by atoms with E-state index >= 15 is 0 Å². The van der Waals surface area contributed by atoms with Crippen LogP contribution >= 0.6 is 23.2 Å². The summed E-state index contributed by atoms with van der Waals surface area (Å²) in [5, 5.41) is 1.39. The van der Waals surface area contributed by atoms with Gasteiger partial charge in [-0.2, -0.15) is 0 Å². The van der Waals surface area contributed by atoms with Crippen LogP contribution < -0.4 is 14.4 Å². The summed E-state index contributed by atoms with van der Waals surface area (Å²) in [7, 11) is 7.32. The topological polar surface area (TPSA) is 42.0 Å². The zero-order valence-electron chi connectivity index (χ0n) is 28.5. The number of anilines is 1. The summed E-state index contributed by atoms with van der Waals surface area (Å²) in [5.41, 5.74) is 5.17. The van der Waals surface area contributed by atoms with E-state index in [-0.39, 0.29) is 11.9 Å². The van der Waals surface area contributed by atoms with Gasteiger partial charge in [0.2, 0.25) is 0 Å². The summed E-state index contributed by atoms with van der Waals surface area (Å²) in [6.45, 7) is 16.8. The fourth-order valence-electron chi connectivity index (χ4n) is 4.67. The molecular weight excluding hydrogens is 579 g/mol. The monoisotopic (exact) mass is 632 g/mol. The molecule has 0 bridgehead atoms. The lowest BCUT2D eigenvalue weighted by atomic mass is 9.88. The fraction of sp³-hybridized carbons (Fsp3) is 0.472. The first-order valence-electron chi connectivity index (χ1n) is 15.4. The lowest BCUT2D eigenvalue weighted by molar-refractivity contribution is 0.0646. The van der Waals surface area contributed by atoms with Crippen molar-refractivity contribution in [3.63, 3.8) is 0 Å². The van der Waals surface area contributed by atoms with Crippen molar-refractivity contribution in [2.45, 2.75) is 80.7 Å². The molecule has 0 radical (unpaired) electrons. The standard InChI is InChI=1S/C23H30N2O3.C7H6Cl2.3C2H6/c1-6-8-20-22-16(14-19(27-4)15-21(22)28-5)11-12-25(20)23(26)17-9-7-10-18(13-17)24(2)3;1-5-2-6(8)4-7(9)3-5;3*1-2/h7,9-10,13-15,20H,6,8,11-12H2,1-5H3;2-4H,1H3;3*1-2H3. The molecule has 1 aliphatic rings. The van der Waals surface area contributed by atoms with Crippen LogP contribution in [-0.2, 0) is 6.42 Å². The number of carbonyl (C=O) groups excluding carboxylic acids is 1. The number of benzene rings is 3. The zero-order chi connectivity index (χ0) is 33.1. The number of fused-ring (bicyclic) bond motifs is 1. The van der Waals surface area contributed by atoms with Gasteiger partial charge in [-0.3, -0.25) is 4.79 Å². The van der Waals surface area contributed by atoms with Crippen LogP contribution in [-0.4, -0.2) is 45.7 Å².